The summed E-state index contributed by atoms with van der Waals surface area (Å²) in [6.07, 6.45) is 7.19. The molecule has 0 amide bonds. The number of nitrogens with zero attached hydrogens (tertiary/aromatic N) is 5. The monoisotopic (exact) mass is 396 g/mol. The summed E-state index contributed by atoms with van der Waals surface area (Å²) in [5.74, 6) is 2.77. The minimum Gasteiger partial charge on any atom is -0.496 e. The van der Waals surface area contributed by atoms with E-state index >= 15 is 0 Å². The van der Waals surface area contributed by atoms with Gasteiger partial charge in [-0.2, -0.15) is 10.2 Å². The summed E-state index contributed by atoms with van der Waals surface area (Å²) < 4.78 is 14.7. The highest BCUT2D eigenvalue weighted by molar-refractivity contribution is 5.36. The fraction of sp³-hybridized carbons (Fsp3) is 0.476. The highest BCUT2D eigenvalue weighted by atomic mass is 16.5. The molecule has 0 bridgehead atoms. The van der Waals surface area contributed by atoms with E-state index in [1.54, 1.807) is 18.9 Å². The molecule has 3 aromatic rings. The molecular weight excluding hydrogens is 368 g/mol. The molecule has 29 heavy (non-hydrogen) atoms. The Hall–Kier alpha value is -2.71. The van der Waals surface area contributed by atoms with Gasteiger partial charge in [0.05, 0.1) is 25.6 Å². The number of hydrogen-bond donors (Lipinski definition) is 1. The van der Waals surface area contributed by atoms with E-state index in [2.05, 4.69) is 5.10 Å². The molecule has 2 heterocycles. The van der Waals surface area contributed by atoms with Gasteiger partial charge in [0.25, 0.3) is 0 Å². The lowest BCUT2D eigenvalue weighted by Crippen LogP contribution is -2.41. The molecule has 8 heteroatoms. The third kappa shape index (κ3) is 4.04. The molecule has 1 aliphatic carbocycles. The van der Waals surface area contributed by atoms with Gasteiger partial charge in [-0.3, -0.25) is 4.68 Å². The Kier molecular flexibility index (Phi) is 5.64. The van der Waals surface area contributed by atoms with Crippen molar-refractivity contribution in [1.29, 1.82) is 0 Å². The molecule has 2 aromatic heterocycles. The number of hydrogen-bond acceptors (Lipinski definition) is 6. The summed E-state index contributed by atoms with van der Waals surface area (Å²) in [4.78, 5) is 4.94. The average Bonchev–Trinajstić information content (AvgIpc) is 3.34. The van der Waals surface area contributed by atoms with E-state index in [1.807, 2.05) is 48.4 Å². The minimum absolute atomic E-state index is 0.00420. The molecule has 2 N–H and O–H groups in total. The molecule has 4 rings (SSSR count). The van der Waals surface area contributed by atoms with Crippen molar-refractivity contribution < 1.29 is 9.47 Å². The van der Waals surface area contributed by atoms with Crippen LogP contribution in [-0.2, 0) is 18.2 Å². The Morgan fingerprint density at radius 3 is 2.72 bits per heavy atom. The van der Waals surface area contributed by atoms with Gasteiger partial charge in [-0.15, -0.1) is 0 Å². The van der Waals surface area contributed by atoms with Gasteiger partial charge in [0, 0.05) is 38.1 Å². The second-order valence-corrected chi connectivity index (χ2v) is 7.61. The van der Waals surface area contributed by atoms with E-state index in [0.29, 0.717) is 6.42 Å². The maximum atomic E-state index is 6.36. The van der Waals surface area contributed by atoms with Crippen molar-refractivity contribution in [2.75, 3.05) is 14.2 Å². The van der Waals surface area contributed by atoms with Gasteiger partial charge in [0.15, 0.2) is 5.82 Å². The van der Waals surface area contributed by atoms with Crippen LogP contribution in [0.1, 0.15) is 42.4 Å². The van der Waals surface area contributed by atoms with Crippen molar-refractivity contribution in [1.82, 2.24) is 24.5 Å². The Bertz CT molecular complexity index is 966. The molecule has 0 unspecified atom stereocenters. The van der Waals surface area contributed by atoms with Crippen LogP contribution in [0.3, 0.4) is 0 Å². The second kappa shape index (κ2) is 8.34. The quantitative estimate of drug-likeness (QED) is 0.687. The van der Waals surface area contributed by atoms with Crippen molar-refractivity contribution in [2.24, 2.45) is 12.8 Å². The van der Waals surface area contributed by atoms with Crippen molar-refractivity contribution in [3.63, 3.8) is 0 Å². The average molecular weight is 396 g/mol. The predicted molar refractivity (Wildman–Crippen MR) is 109 cm³/mol. The van der Waals surface area contributed by atoms with Gasteiger partial charge < -0.3 is 15.2 Å². The Morgan fingerprint density at radius 1 is 1.21 bits per heavy atom. The number of nitrogens with two attached hydrogens (primary N) is 1. The van der Waals surface area contributed by atoms with E-state index in [0.717, 1.165) is 47.9 Å². The Morgan fingerprint density at radius 2 is 2.03 bits per heavy atom. The zero-order valence-corrected chi connectivity index (χ0v) is 17.2. The van der Waals surface area contributed by atoms with Gasteiger partial charge in [0.2, 0.25) is 0 Å². The molecule has 8 nitrogen and oxygen atoms in total. The molecule has 1 aliphatic rings. The molecule has 0 radical (unpaired) electrons. The molecule has 3 atom stereocenters. The molecular formula is C21H28N6O2. The number of para-hydroxylation sites is 1. The number of methoxy groups -OCH3 is 2. The topological polar surface area (TPSA) is 93.0 Å². The molecule has 0 saturated heterocycles. The molecule has 1 aromatic carbocycles. The first-order valence-electron chi connectivity index (χ1n) is 9.94. The molecule has 0 spiro atoms. The summed E-state index contributed by atoms with van der Waals surface area (Å²) in [5, 5.41) is 9.13. The Balaban J connectivity index is 1.68. The second-order valence-electron chi connectivity index (χ2n) is 7.61. The smallest absolute Gasteiger partial charge is 0.155 e. The van der Waals surface area contributed by atoms with E-state index in [9.17, 15) is 0 Å². The van der Waals surface area contributed by atoms with Crippen LogP contribution in [0.25, 0.3) is 5.69 Å². The highest BCUT2D eigenvalue weighted by Crippen LogP contribution is 2.34. The summed E-state index contributed by atoms with van der Waals surface area (Å²) in [6.45, 7) is 0. The molecule has 0 aliphatic heterocycles. The molecule has 154 valence electrons. The predicted octanol–water partition coefficient (Wildman–Crippen LogP) is 2.21. The zero-order chi connectivity index (χ0) is 20.4. The van der Waals surface area contributed by atoms with Crippen molar-refractivity contribution >= 4 is 0 Å². The molecule has 1 fully saturated rings. The first-order valence-corrected chi connectivity index (χ1v) is 9.94. The fourth-order valence-corrected chi connectivity index (χ4v) is 4.14. The normalized spacial score (nSPS) is 22.0. The number of ether oxygens (including phenoxy) is 2. The number of rotatable bonds is 6. The SMILES string of the molecule is COc1ccccc1Cc1nc([C@H]2CC[C@@H](OC)[C@H](N)C2)n(-c2cnn(C)c2)n1. The Labute approximate surface area is 170 Å². The van der Waals surface area contributed by atoms with Gasteiger partial charge >= 0.3 is 0 Å². The van der Waals surface area contributed by atoms with E-state index in [1.165, 1.54) is 0 Å². The first kappa shape index (κ1) is 19.6. The van der Waals surface area contributed by atoms with Gasteiger partial charge in [0.1, 0.15) is 17.3 Å². The highest BCUT2D eigenvalue weighted by Gasteiger charge is 2.32. The van der Waals surface area contributed by atoms with Crippen molar-refractivity contribution in [3.05, 3.63) is 53.9 Å². The van der Waals surface area contributed by atoms with Crippen LogP contribution in [0.2, 0.25) is 0 Å². The molecule has 1 saturated carbocycles. The maximum Gasteiger partial charge on any atom is 0.155 e. The summed E-state index contributed by atoms with van der Waals surface area (Å²) in [5.41, 5.74) is 8.33. The number of aromatic nitrogens is 5. The summed E-state index contributed by atoms with van der Waals surface area (Å²) in [7, 11) is 5.31. The fourth-order valence-electron chi connectivity index (χ4n) is 4.14. The largest absolute Gasteiger partial charge is 0.496 e. The van der Waals surface area contributed by atoms with Crippen LogP contribution >= 0.6 is 0 Å². The first-order chi connectivity index (χ1) is 14.1. The lowest BCUT2D eigenvalue weighted by molar-refractivity contribution is 0.0482. The summed E-state index contributed by atoms with van der Waals surface area (Å²) in [6, 6.07) is 7.96. The third-order valence-electron chi connectivity index (χ3n) is 5.65. The van der Waals surface area contributed by atoms with Crippen molar-refractivity contribution in [3.8, 4) is 11.4 Å². The maximum absolute atomic E-state index is 6.36. The van der Waals surface area contributed by atoms with Crippen LogP contribution in [-0.4, -0.2) is 50.9 Å². The lowest BCUT2D eigenvalue weighted by Gasteiger charge is -2.32. The van der Waals surface area contributed by atoms with E-state index in [-0.39, 0.29) is 18.1 Å². The van der Waals surface area contributed by atoms with Gasteiger partial charge in [-0.25, -0.2) is 9.67 Å². The van der Waals surface area contributed by atoms with Crippen LogP contribution in [0.15, 0.2) is 36.7 Å². The van der Waals surface area contributed by atoms with Gasteiger partial charge in [-0.05, 0) is 25.3 Å². The standard InChI is InChI=1S/C21H28N6O2/c1-26-13-16(12-23-26)27-21(15-8-9-19(29-3)17(22)10-15)24-20(25-27)11-14-6-4-5-7-18(14)28-2/h4-7,12-13,15,17,19H,8-11,22H2,1-3H3/t15-,17+,19+/m0/s1. The van der Waals surface area contributed by atoms with Crippen LogP contribution in [0, 0.1) is 0 Å². The van der Waals surface area contributed by atoms with Crippen LogP contribution in [0.5, 0.6) is 5.75 Å². The van der Waals surface area contributed by atoms with Crippen LogP contribution < -0.4 is 10.5 Å². The lowest BCUT2D eigenvalue weighted by atomic mass is 9.83. The van der Waals surface area contributed by atoms with Crippen LogP contribution in [0.4, 0.5) is 0 Å². The summed E-state index contributed by atoms with van der Waals surface area (Å²) >= 11 is 0. The zero-order valence-electron chi connectivity index (χ0n) is 17.2. The third-order valence-corrected chi connectivity index (χ3v) is 5.65. The number of benzene rings is 1. The minimum atomic E-state index is -0.00420. The van der Waals surface area contributed by atoms with E-state index in [4.69, 9.17) is 25.3 Å². The number of aryl methyl sites for hydroxylation is 1. The van der Waals surface area contributed by atoms with Crippen molar-refractivity contribution in [2.45, 2.75) is 43.7 Å². The van der Waals surface area contributed by atoms with E-state index < -0.39 is 0 Å². The van der Waals surface area contributed by atoms with Gasteiger partial charge in [-0.1, -0.05) is 18.2 Å².